The van der Waals surface area contributed by atoms with E-state index in [2.05, 4.69) is 4.90 Å². The molecular weight excluding hydrogens is 284 g/mol. The number of fused-ring (bicyclic) bond motifs is 2. The molecule has 4 rings (SSSR count). The Balaban J connectivity index is 1.63. The molecule has 1 aliphatic heterocycles. The fraction of sp³-hybridized carbons (Fsp3) is 0.333. The Labute approximate surface area is 128 Å². The van der Waals surface area contributed by atoms with E-state index in [1.54, 1.807) is 0 Å². The lowest BCUT2D eigenvalue weighted by Crippen LogP contribution is -2.42. The second-order valence-electron chi connectivity index (χ2n) is 6.12. The van der Waals surface area contributed by atoms with Crippen LogP contribution >= 0.6 is 0 Å². The zero-order valence-electron chi connectivity index (χ0n) is 12.1. The molecule has 1 N–H and O–H groups in total. The van der Waals surface area contributed by atoms with Gasteiger partial charge in [0.2, 0.25) is 0 Å². The molecule has 0 bridgehead atoms. The van der Waals surface area contributed by atoms with Crippen LogP contribution < -0.4 is 0 Å². The number of hydrogen-bond donors (Lipinski definition) is 1. The summed E-state index contributed by atoms with van der Waals surface area (Å²) in [6, 6.07) is 10.2. The average molecular weight is 301 g/mol. The molecule has 114 valence electrons. The van der Waals surface area contributed by atoms with Crippen molar-refractivity contribution in [2.24, 2.45) is 0 Å². The van der Waals surface area contributed by atoms with Crippen LogP contribution in [-0.4, -0.2) is 22.6 Å². The predicted molar refractivity (Wildman–Crippen MR) is 79.4 cm³/mol. The van der Waals surface area contributed by atoms with Gasteiger partial charge in [0, 0.05) is 24.7 Å². The number of aliphatic hydroxyl groups is 1. The van der Waals surface area contributed by atoms with Crippen molar-refractivity contribution in [1.82, 2.24) is 4.90 Å². The van der Waals surface area contributed by atoms with Gasteiger partial charge >= 0.3 is 0 Å². The first kappa shape index (κ1) is 13.9. The molecule has 2 nitrogen and oxygen atoms in total. The topological polar surface area (TPSA) is 23.5 Å². The fourth-order valence-corrected chi connectivity index (χ4v) is 3.78. The number of hydrogen-bond acceptors (Lipinski definition) is 2. The van der Waals surface area contributed by atoms with Crippen LogP contribution in [0.5, 0.6) is 0 Å². The van der Waals surface area contributed by atoms with Gasteiger partial charge in [-0.2, -0.15) is 0 Å². The van der Waals surface area contributed by atoms with E-state index < -0.39 is 6.10 Å². The Morgan fingerprint density at radius 1 is 1.00 bits per heavy atom. The molecule has 0 fully saturated rings. The summed E-state index contributed by atoms with van der Waals surface area (Å²) in [7, 11) is 0. The maximum atomic E-state index is 14.0. The molecule has 0 saturated heterocycles. The number of rotatable bonds is 1. The van der Waals surface area contributed by atoms with Crippen LogP contribution in [0.3, 0.4) is 0 Å². The van der Waals surface area contributed by atoms with E-state index in [1.807, 2.05) is 24.3 Å². The van der Waals surface area contributed by atoms with Gasteiger partial charge in [0.05, 0.1) is 6.10 Å². The third kappa shape index (κ3) is 2.06. The summed E-state index contributed by atoms with van der Waals surface area (Å²) in [5.74, 6) is -0.683. The molecule has 2 aromatic carbocycles. The largest absolute Gasteiger partial charge is 0.387 e. The van der Waals surface area contributed by atoms with Crippen molar-refractivity contribution in [1.29, 1.82) is 0 Å². The van der Waals surface area contributed by atoms with Crippen LogP contribution in [0.25, 0.3) is 0 Å². The maximum absolute atomic E-state index is 14.0. The van der Waals surface area contributed by atoms with Gasteiger partial charge in [-0.3, -0.25) is 4.90 Å². The SMILES string of the molecule is OC1c2ccccc2CC1N1CCc2c(F)ccc(F)c2C1. The summed E-state index contributed by atoms with van der Waals surface area (Å²) in [5.41, 5.74) is 3.03. The second-order valence-corrected chi connectivity index (χ2v) is 6.12. The van der Waals surface area contributed by atoms with Crippen LogP contribution in [0.15, 0.2) is 36.4 Å². The van der Waals surface area contributed by atoms with Crippen LogP contribution in [0.2, 0.25) is 0 Å². The highest BCUT2D eigenvalue weighted by Gasteiger charge is 2.37. The summed E-state index contributed by atoms with van der Waals surface area (Å²) in [6.07, 6.45) is 0.677. The molecule has 2 atom stereocenters. The monoisotopic (exact) mass is 301 g/mol. The third-order valence-corrected chi connectivity index (χ3v) is 4.96. The van der Waals surface area contributed by atoms with E-state index in [0.29, 0.717) is 30.6 Å². The number of halogens is 2. The van der Waals surface area contributed by atoms with Crippen LogP contribution in [0.4, 0.5) is 8.78 Å². The zero-order valence-corrected chi connectivity index (χ0v) is 12.1. The standard InChI is InChI=1S/C18H17F2NO/c19-15-5-6-16(20)14-10-21(8-7-13(14)15)17-9-11-3-1-2-4-12(11)18(17)22/h1-6,17-18,22H,7-10H2. The maximum Gasteiger partial charge on any atom is 0.128 e. The molecular formula is C18H17F2NO. The van der Waals surface area contributed by atoms with Crippen LogP contribution in [0.1, 0.15) is 28.4 Å². The summed E-state index contributed by atoms with van der Waals surface area (Å²) in [4.78, 5) is 2.08. The van der Waals surface area contributed by atoms with Gasteiger partial charge in [0.25, 0.3) is 0 Å². The number of aliphatic hydroxyl groups excluding tert-OH is 1. The Hall–Kier alpha value is -1.78. The van der Waals surface area contributed by atoms with E-state index in [4.69, 9.17) is 0 Å². The van der Waals surface area contributed by atoms with Crippen molar-refractivity contribution in [3.05, 3.63) is 70.3 Å². The molecule has 0 amide bonds. The van der Waals surface area contributed by atoms with Gasteiger partial charge < -0.3 is 5.11 Å². The Kier molecular flexibility index (Phi) is 3.24. The molecule has 0 saturated carbocycles. The second kappa shape index (κ2) is 5.14. The lowest BCUT2D eigenvalue weighted by molar-refractivity contribution is 0.0514. The van der Waals surface area contributed by atoms with E-state index >= 15 is 0 Å². The predicted octanol–water partition coefficient (Wildman–Crippen LogP) is 2.98. The minimum absolute atomic E-state index is 0.0618. The molecule has 2 aliphatic rings. The van der Waals surface area contributed by atoms with Gasteiger partial charge in [-0.25, -0.2) is 8.78 Å². The van der Waals surface area contributed by atoms with Crippen molar-refractivity contribution in [2.75, 3.05) is 6.54 Å². The molecule has 0 spiro atoms. The van der Waals surface area contributed by atoms with Crippen molar-refractivity contribution in [2.45, 2.75) is 31.5 Å². The average Bonchev–Trinajstić information content (AvgIpc) is 2.88. The van der Waals surface area contributed by atoms with Gasteiger partial charge in [-0.15, -0.1) is 0 Å². The van der Waals surface area contributed by atoms with Gasteiger partial charge in [-0.05, 0) is 41.7 Å². The minimum atomic E-state index is -0.561. The van der Waals surface area contributed by atoms with Crippen molar-refractivity contribution < 1.29 is 13.9 Å². The Morgan fingerprint density at radius 2 is 1.73 bits per heavy atom. The molecule has 0 radical (unpaired) electrons. The lowest BCUT2D eigenvalue weighted by atomic mass is 9.96. The first-order valence-corrected chi connectivity index (χ1v) is 7.61. The third-order valence-electron chi connectivity index (χ3n) is 4.96. The zero-order chi connectivity index (χ0) is 15.3. The van der Waals surface area contributed by atoms with Crippen LogP contribution in [0, 0.1) is 11.6 Å². The fourth-order valence-electron chi connectivity index (χ4n) is 3.78. The summed E-state index contributed by atoms with van der Waals surface area (Å²) >= 11 is 0. The van der Waals surface area contributed by atoms with Gasteiger partial charge in [0.1, 0.15) is 11.6 Å². The van der Waals surface area contributed by atoms with E-state index in [1.165, 1.54) is 12.1 Å². The van der Waals surface area contributed by atoms with Gasteiger partial charge in [0.15, 0.2) is 0 Å². The normalized spacial score (nSPS) is 24.1. The summed E-state index contributed by atoms with van der Waals surface area (Å²) in [6.45, 7) is 0.998. The van der Waals surface area contributed by atoms with Crippen molar-refractivity contribution >= 4 is 0 Å². The van der Waals surface area contributed by atoms with E-state index in [-0.39, 0.29) is 17.7 Å². The molecule has 2 aromatic rings. The quantitative estimate of drug-likeness (QED) is 0.875. The summed E-state index contributed by atoms with van der Waals surface area (Å²) < 4.78 is 27.8. The molecule has 4 heteroatoms. The number of benzene rings is 2. The van der Waals surface area contributed by atoms with Gasteiger partial charge in [-0.1, -0.05) is 24.3 Å². The molecule has 1 aliphatic carbocycles. The minimum Gasteiger partial charge on any atom is -0.387 e. The summed E-state index contributed by atoms with van der Waals surface area (Å²) in [5, 5.41) is 10.6. The highest BCUT2D eigenvalue weighted by molar-refractivity contribution is 5.37. The Bertz CT molecular complexity index is 731. The lowest BCUT2D eigenvalue weighted by Gasteiger charge is -2.35. The molecule has 1 heterocycles. The molecule has 22 heavy (non-hydrogen) atoms. The first-order valence-electron chi connectivity index (χ1n) is 7.61. The Morgan fingerprint density at radius 3 is 2.50 bits per heavy atom. The van der Waals surface area contributed by atoms with Crippen LogP contribution in [-0.2, 0) is 19.4 Å². The molecule has 2 unspecified atom stereocenters. The highest BCUT2D eigenvalue weighted by atomic mass is 19.1. The molecule has 0 aromatic heterocycles. The smallest absolute Gasteiger partial charge is 0.128 e. The van der Waals surface area contributed by atoms with E-state index in [9.17, 15) is 13.9 Å². The highest BCUT2D eigenvalue weighted by Crippen LogP contribution is 2.37. The first-order chi connectivity index (χ1) is 10.6. The van der Waals surface area contributed by atoms with Crippen molar-refractivity contribution in [3.63, 3.8) is 0 Å². The number of nitrogens with zero attached hydrogens (tertiary/aromatic N) is 1. The van der Waals surface area contributed by atoms with Crippen molar-refractivity contribution in [3.8, 4) is 0 Å². The van der Waals surface area contributed by atoms with E-state index in [0.717, 1.165) is 17.5 Å².